The highest BCUT2D eigenvalue weighted by atomic mass is 16.5. The molecule has 2 heterocycles. The zero-order chi connectivity index (χ0) is 18.1. The zero-order valence-corrected chi connectivity index (χ0v) is 15.6. The maximum absolute atomic E-state index is 5.93. The third-order valence-electron chi connectivity index (χ3n) is 6.04. The van der Waals surface area contributed by atoms with Gasteiger partial charge in [-0.15, -0.1) is 0 Å². The first-order valence-electron chi connectivity index (χ1n) is 10.0. The van der Waals surface area contributed by atoms with E-state index >= 15 is 0 Å². The second-order valence-corrected chi connectivity index (χ2v) is 7.62. The predicted octanol–water partition coefficient (Wildman–Crippen LogP) is 3.82. The summed E-state index contributed by atoms with van der Waals surface area (Å²) in [6.07, 6.45) is 6.16. The van der Waals surface area contributed by atoms with Crippen molar-refractivity contribution in [3.8, 4) is 11.5 Å². The zero-order valence-electron chi connectivity index (χ0n) is 15.6. The number of anilines is 1. The molecule has 0 spiro atoms. The van der Waals surface area contributed by atoms with Crippen LogP contribution in [-0.4, -0.2) is 44.2 Å². The molecule has 1 aliphatic carbocycles. The van der Waals surface area contributed by atoms with Crippen LogP contribution in [-0.2, 0) is 6.42 Å². The third kappa shape index (κ3) is 3.30. The van der Waals surface area contributed by atoms with E-state index in [0.29, 0.717) is 6.61 Å². The second-order valence-electron chi connectivity index (χ2n) is 7.62. The molecule has 1 unspecified atom stereocenters. The first kappa shape index (κ1) is 16.7. The molecule has 1 saturated heterocycles. The lowest BCUT2D eigenvalue weighted by atomic mass is 9.76. The van der Waals surface area contributed by atoms with Crippen LogP contribution >= 0.6 is 0 Å². The number of hydrogen-bond acceptors (Lipinski definition) is 4. The summed E-state index contributed by atoms with van der Waals surface area (Å²) in [5, 5.41) is 0. The number of piperazine rings is 1. The Morgan fingerprint density at radius 3 is 2.74 bits per heavy atom. The van der Waals surface area contributed by atoms with Crippen LogP contribution in [0.25, 0.3) is 0 Å². The number of para-hydroxylation sites is 1. The Morgan fingerprint density at radius 2 is 1.85 bits per heavy atom. The molecule has 5 rings (SSSR count). The molecule has 1 atom stereocenters. The molecule has 2 aromatic rings. The van der Waals surface area contributed by atoms with Gasteiger partial charge in [0.05, 0.1) is 11.9 Å². The van der Waals surface area contributed by atoms with E-state index in [4.69, 9.17) is 9.47 Å². The van der Waals surface area contributed by atoms with E-state index in [1.54, 1.807) is 17.4 Å². The van der Waals surface area contributed by atoms with Gasteiger partial charge in [0.2, 0.25) is 0 Å². The van der Waals surface area contributed by atoms with Crippen LogP contribution < -0.4 is 14.4 Å². The lowest BCUT2D eigenvalue weighted by molar-refractivity contribution is 0.244. The molecule has 2 aromatic carbocycles. The molecule has 0 aromatic heterocycles. The Hall–Kier alpha value is -2.46. The van der Waals surface area contributed by atoms with Crippen LogP contribution in [0.3, 0.4) is 0 Å². The molecule has 0 radical (unpaired) electrons. The maximum Gasteiger partial charge on any atom is 0.185 e. The van der Waals surface area contributed by atoms with Crippen molar-refractivity contribution in [3.63, 3.8) is 0 Å². The van der Waals surface area contributed by atoms with Crippen molar-refractivity contribution in [2.45, 2.75) is 18.8 Å². The van der Waals surface area contributed by atoms with Gasteiger partial charge in [0.1, 0.15) is 6.61 Å². The molecular formula is C23H26N2O2. The molecule has 1 fully saturated rings. The minimum absolute atomic E-state index is 0.562. The smallest absolute Gasteiger partial charge is 0.185 e. The molecule has 0 saturated carbocycles. The first-order valence-corrected chi connectivity index (χ1v) is 10.0. The quantitative estimate of drug-likeness (QED) is 0.825. The fourth-order valence-electron chi connectivity index (χ4n) is 4.45. The van der Waals surface area contributed by atoms with Crippen molar-refractivity contribution < 1.29 is 9.47 Å². The van der Waals surface area contributed by atoms with E-state index in [1.807, 2.05) is 12.1 Å². The Bertz CT molecular complexity index is 840. The van der Waals surface area contributed by atoms with Crippen molar-refractivity contribution in [3.05, 3.63) is 65.9 Å². The number of benzene rings is 2. The Morgan fingerprint density at radius 1 is 0.963 bits per heavy atom. The molecule has 27 heavy (non-hydrogen) atoms. The van der Waals surface area contributed by atoms with Gasteiger partial charge in [-0.1, -0.05) is 30.3 Å². The largest absolute Gasteiger partial charge is 0.483 e. The van der Waals surface area contributed by atoms with Crippen molar-refractivity contribution in [1.82, 2.24) is 4.90 Å². The van der Waals surface area contributed by atoms with Gasteiger partial charge in [-0.25, -0.2) is 0 Å². The normalized spacial score (nSPS) is 21.3. The molecule has 0 bridgehead atoms. The summed E-state index contributed by atoms with van der Waals surface area (Å²) in [5.74, 6) is 2.46. The van der Waals surface area contributed by atoms with Crippen molar-refractivity contribution >= 4 is 5.69 Å². The topological polar surface area (TPSA) is 24.9 Å². The average Bonchev–Trinajstić information content (AvgIpc) is 2.95. The molecule has 0 amide bonds. The average molecular weight is 362 g/mol. The van der Waals surface area contributed by atoms with Crippen LogP contribution in [0.4, 0.5) is 5.69 Å². The van der Waals surface area contributed by atoms with E-state index in [9.17, 15) is 0 Å². The number of ether oxygens (including phenoxy) is 2. The van der Waals surface area contributed by atoms with Crippen molar-refractivity contribution in [2.75, 3.05) is 44.2 Å². The Kier molecular flexibility index (Phi) is 4.50. The molecule has 4 nitrogen and oxygen atoms in total. The highest BCUT2D eigenvalue weighted by Crippen LogP contribution is 2.40. The second kappa shape index (κ2) is 7.28. The summed E-state index contributed by atoms with van der Waals surface area (Å²) in [4.78, 5) is 5.04. The summed E-state index contributed by atoms with van der Waals surface area (Å²) >= 11 is 0. The number of fused-ring (bicyclic) bond motifs is 2. The van der Waals surface area contributed by atoms with Gasteiger partial charge >= 0.3 is 0 Å². The number of rotatable bonds is 4. The van der Waals surface area contributed by atoms with Crippen molar-refractivity contribution in [2.24, 2.45) is 0 Å². The van der Waals surface area contributed by atoms with E-state index in [2.05, 4.69) is 46.2 Å². The highest BCUT2D eigenvalue weighted by Gasteiger charge is 2.27. The van der Waals surface area contributed by atoms with E-state index in [-0.39, 0.29) is 0 Å². The van der Waals surface area contributed by atoms with Gasteiger partial charge < -0.3 is 14.4 Å². The number of nitrogens with zero attached hydrogens (tertiary/aromatic N) is 2. The van der Waals surface area contributed by atoms with Crippen LogP contribution in [0, 0.1) is 0 Å². The third-order valence-corrected chi connectivity index (χ3v) is 6.04. The molecule has 2 aliphatic heterocycles. The van der Waals surface area contributed by atoms with Crippen LogP contribution in [0.1, 0.15) is 23.5 Å². The molecule has 0 N–H and O–H groups in total. The summed E-state index contributed by atoms with van der Waals surface area (Å²) in [6.45, 7) is 6.05. The van der Waals surface area contributed by atoms with E-state index < -0.39 is 0 Å². The van der Waals surface area contributed by atoms with Crippen LogP contribution in [0.5, 0.6) is 11.5 Å². The van der Waals surface area contributed by atoms with E-state index in [1.165, 1.54) is 19.4 Å². The summed E-state index contributed by atoms with van der Waals surface area (Å²) < 4.78 is 11.6. The van der Waals surface area contributed by atoms with Gasteiger partial charge in [-0.3, -0.25) is 4.90 Å². The SMILES string of the molecule is C1=COc2cccc(N3CCN(CCC4Cc5ccccc54)CC3)c2OC1. The molecular weight excluding hydrogens is 336 g/mol. The van der Waals surface area contributed by atoms with Crippen LogP contribution in [0.2, 0.25) is 0 Å². The van der Waals surface area contributed by atoms with Gasteiger partial charge in [0.15, 0.2) is 11.5 Å². The monoisotopic (exact) mass is 362 g/mol. The minimum Gasteiger partial charge on any atom is -0.483 e. The number of hydrogen-bond donors (Lipinski definition) is 0. The lowest BCUT2D eigenvalue weighted by Gasteiger charge is -2.38. The fraction of sp³-hybridized carbons (Fsp3) is 0.391. The summed E-state index contributed by atoms with van der Waals surface area (Å²) in [6, 6.07) is 15.1. The summed E-state index contributed by atoms with van der Waals surface area (Å²) in [7, 11) is 0. The Balaban J connectivity index is 1.17. The standard InChI is InChI=1S/C23H26N2O2/c1-2-6-20-18(5-1)17-19(20)9-10-24-11-13-25(14-12-24)21-7-3-8-22-23(21)27-16-4-15-26-22/h1-8,15,19H,9-14,16-17H2. The lowest BCUT2D eigenvalue weighted by Crippen LogP contribution is -2.47. The van der Waals surface area contributed by atoms with Gasteiger partial charge in [0.25, 0.3) is 0 Å². The molecule has 3 aliphatic rings. The summed E-state index contributed by atoms with van der Waals surface area (Å²) in [5.41, 5.74) is 4.28. The van der Waals surface area contributed by atoms with Gasteiger partial charge in [-0.2, -0.15) is 0 Å². The Labute approximate surface area is 161 Å². The minimum atomic E-state index is 0.562. The van der Waals surface area contributed by atoms with Crippen LogP contribution in [0.15, 0.2) is 54.8 Å². The first-order chi connectivity index (χ1) is 13.4. The van der Waals surface area contributed by atoms with Gasteiger partial charge in [0, 0.05) is 26.2 Å². The maximum atomic E-state index is 5.93. The predicted molar refractivity (Wildman–Crippen MR) is 108 cm³/mol. The van der Waals surface area contributed by atoms with Gasteiger partial charge in [-0.05, 0) is 54.6 Å². The highest BCUT2D eigenvalue weighted by molar-refractivity contribution is 5.65. The molecule has 140 valence electrons. The van der Waals surface area contributed by atoms with E-state index in [0.717, 1.165) is 49.3 Å². The molecule has 4 heteroatoms. The fourth-order valence-corrected chi connectivity index (χ4v) is 4.45. The van der Waals surface area contributed by atoms with Crippen molar-refractivity contribution in [1.29, 1.82) is 0 Å².